The molecule has 3 aliphatic rings. The third-order valence-corrected chi connectivity index (χ3v) is 6.15. The molecule has 1 unspecified atom stereocenters. The molecule has 142 valence electrons. The zero-order valence-electron chi connectivity index (χ0n) is 15.4. The summed E-state index contributed by atoms with van der Waals surface area (Å²) >= 11 is 0. The van der Waals surface area contributed by atoms with Gasteiger partial charge >= 0.3 is 17.9 Å². The van der Waals surface area contributed by atoms with E-state index in [1.54, 1.807) is 6.92 Å². The number of rotatable bonds is 2. The molecule has 0 aromatic rings. The Morgan fingerprint density at radius 2 is 1.81 bits per heavy atom. The quantitative estimate of drug-likeness (QED) is 0.417. The third kappa shape index (κ3) is 2.64. The molecule has 1 aliphatic heterocycles. The summed E-state index contributed by atoms with van der Waals surface area (Å²) in [6.07, 6.45) is -1.42. The lowest BCUT2D eigenvalue weighted by molar-refractivity contribution is -0.167. The van der Waals surface area contributed by atoms with Gasteiger partial charge in [-0.2, -0.15) is 0 Å². The van der Waals surface area contributed by atoms with Crippen molar-refractivity contribution in [3.05, 3.63) is 12.2 Å². The smallest absolute Gasteiger partial charge is 0.334 e. The van der Waals surface area contributed by atoms with Crippen LogP contribution < -0.4 is 0 Å². The summed E-state index contributed by atoms with van der Waals surface area (Å²) in [6, 6.07) is 0. The zero-order valence-corrected chi connectivity index (χ0v) is 15.4. The number of esters is 3. The van der Waals surface area contributed by atoms with Crippen LogP contribution in [0.1, 0.15) is 40.5 Å². The van der Waals surface area contributed by atoms with E-state index < -0.39 is 47.6 Å². The Bertz CT molecular complexity index is 696. The van der Waals surface area contributed by atoms with E-state index in [1.165, 1.54) is 13.8 Å². The van der Waals surface area contributed by atoms with Crippen LogP contribution in [0.4, 0.5) is 0 Å². The molecule has 0 spiro atoms. The summed E-state index contributed by atoms with van der Waals surface area (Å²) in [6.45, 7) is 10.1. The van der Waals surface area contributed by atoms with Crippen molar-refractivity contribution in [2.45, 2.75) is 58.8 Å². The molecule has 26 heavy (non-hydrogen) atoms. The van der Waals surface area contributed by atoms with Crippen molar-refractivity contribution in [1.29, 1.82) is 0 Å². The lowest BCUT2D eigenvalue weighted by Crippen LogP contribution is -2.50. The van der Waals surface area contributed by atoms with E-state index in [-0.39, 0.29) is 29.6 Å². The summed E-state index contributed by atoms with van der Waals surface area (Å²) < 4.78 is 16.5. The van der Waals surface area contributed by atoms with Crippen LogP contribution in [0.25, 0.3) is 0 Å². The first-order valence-corrected chi connectivity index (χ1v) is 8.84. The molecule has 7 atom stereocenters. The molecular weight excluding hydrogens is 340 g/mol. The molecule has 2 aliphatic carbocycles. The summed E-state index contributed by atoms with van der Waals surface area (Å²) in [5.41, 5.74) is -0.860. The van der Waals surface area contributed by atoms with Crippen LogP contribution in [-0.4, -0.2) is 42.0 Å². The highest BCUT2D eigenvalue weighted by Crippen LogP contribution is 2.57. The fraction of sp³-hybridized carbons (Fsp3) is 0.684. The van der Waals surface area contributed by atoms with Crippen molar-refractivity contribution in [2.24, 2.45) is 23.2 Å². The number of hydrogen-bond acceptors (Lipinski definition) is 7. The van der Waals surface area contributed by atoms with Crippen molar-refractivity contribution in [3.8, 4) is 0 Å². The molecule has 2 saturated carbocycles. The highest BCUT2D eigenvalue weighted by atomic mass is 16.6. The highest BCUT2D eigenvalue weighted by Gasteiger charge is 2.66. The van der Waals surface area contributed by atoms with Gasteiger partial charge in [0.1, 0.15) is 24.1 Å². The molecule has 3 rings (SSSR count). The molecule has 0 radical (unpaired) electrons. The lowest BCUT2D eigenvalue weighted by Gasteiger charge is -2.40. The number of ketones is 1. The molecule has 0 aromatic heterocycles. The van der Waals surface area contributed by atoms with Gasteiger partial charge in [-0.05, 0) is 19.3 Å². The SMILES string of the molecule is C=C1C(=O)O[C@H]2C[C@@H](C)C3[C@@H](OC(C)=O)CC(=O)[C@@]3(C)[C@@H](OC(C)=O)[C@H]12. The molecular formula is C19H24O7. The van der Waals surface area contributed by atoms with Gasteiger partial charge in [0.25, 0.3) is 0 Å². The number of carbonyl (C=O) groups excluding carboxylic acids is 4. The van der Waals surface area contributed by atoms with Gasteiger partial charge in [-0.15, -0.1) is 0 Å². The Morgan fingerprint density at radius 1 is 1.19 bits per heavy atom. The monoisotopic (exact) mass is 364 g/mol. The first-order valence-electron chi connectivity index (χ1n) is 8.84. The number of hydrogen-bond donors (Lipinski definition) is 0. The van der Waals surface area contributed by atoms with Gasteiger partial charge in [-0.25, -0.2) is 4.79 Å². The van der Waals surface area contributed by atoms with Gasteiger partial charge in [0, 0.05) is 31.8 Å². The molecule has 7 nitrogen and oxygen atoms in total. The number of fused-ring (bicyclic) bond motifs is 2. The summed E-state index contributed by atoms with van der Waals surface area (Å²) in [4.78, 5) is 48.4. The molecule has 0 bridgehead atoms. The average molecular weight is 364 g/mol. The Morgan fingerprint density at radius 3 is 2.38 bits per heavy atom. The minimum absolute atomic E-state index is 0.0710. The Kier molecular flexibility index (Phi) is 4.45. The summed E-state index contributed by atoms with van der Waals surface area (Å²) in [7, 11) is 0. The zero-order chi connectivity index (χ0) is 19.4. The van der Waals surface area contributed by atoms with E-state index >= 15 is 0 Å². The van der Waals surface area contributed by atoms with E-state index in [0.717, 1.165) is 0 Å². The predicted octanol–water partition coefficient (Wildman–Crippen LogP) is 1.58. The number of carbonyl (C=O) groups is 4. The fourth-order valence-corrected chi connectivity index (χ4v) is 5.22. The van der Waals surface area contributed by atoms with Crippen molar-refractivity contribution >= 4 is 23.7 Å². The predicted molar refractivity (Wildman–Crippen MR) is 88.6 cm³/mol. The second kappa shape index (κ2) is 6.21. The van der Waals surface area contributed by atoms with Gasteiger partial charge in [0.2, 0.25) is 0 Å². The number of Topliss-reactive ketones (excluding diaryl/α,β-unsaturated/α-hetero) is 1. The van der Waals surface area contributed by atoms with E-state index in [9.17, 15) is 19.2 Å². The van der Waals surface area contributed by atoms with Crippen molar-refractivity contribution in [2.75, 3.05) is 0 Å². The molecule has 3 fully saturated rings. The van der Waals surface area contributed by atoms with Gasteiger partial charge in [-0.1, -0.05) is 13.5 Å². The maximum absolute atomic E-state index is 13.1. The first-order chi connectivity index (χ1) is 12.1. The van der Waals surface area contributed by atoms with Crippen molar-refractivity contribution in [1.82, 2.24) is 0 Å². The second-order valence-electron chi connectivity index (χ2n) is 7.82. The largest absolute Gasteiger partial charge is 0.462 e. The normalized spacial score (nSPS) is 41.8. The lowest BCUT2D eigenvalue weighted by atomic mass is 9.67. The molecule has 0 N–H and O–H groups in total. The van der Waals surface area contributed by atoms with Gasteiger partial charge in [0.05, 0.1) is 11.3 Å². The minimum atomic E-state index is -1.08. The van der Waals surface area contributed by atoms with E-state index in [2.05, 4.69) is 6.58 Å². The van der Waals surface area contributed by atoms with Crippen molar-refractivity contribution < 1.29 is 33.4 Å². The Balaban J connectivity index is 2.11. The van der Waals surface area contributed by atoms with E-state index in [0.29, 0.717) is 6.42 Å². The van der Waals surface area contributed by atoms with Crippen LogP contribution >= 0.6 is 0 Å². The second-order valence-corrected chi connectivity index (χ2v) is 7.82. The van der Waals surface area contributed by atoms with E-state index in [4.69, 9.17) is 14.2 Å². The molecule has 7 heteroatoms. The van der Waals surface area contributed by atoms with Crippen LogP contribution in [0.5, 0.6) is 0 Å². The maximum atomic E-state index is 13.1. The average Bonchev–Trinajstić information content (AvgIpc) is 2.88. The maximum Gasteiger partial charge on any atom is 0.334 e. The molecule has 0 aromatic carbocycles. The van der Waals surface area contributed by atoms with E-state index in [1.807, 2.05) is 6.92 Å². The topological polar surface area (TPSA) is 96.0 Å². The molecule has 0 amide bonds. The number of ether oxygens (including phenoxy) is 3. The van der Waals surface area contributed by atoms with Gasteiger partial charge in [0.15, 0.2) is 0 Å². The van der Waals surface area contributed by atoms with Crippen LogP contribution in [0.3, 0.4) is 0 Å². The fourth-order valence-electron chi connectivity index (χ4n) is 5.22. The minimum Gasteiger partial charge on any atom is -0.462 e. The van der Waals surface area contributed by atoms with Crippen LogP contribution in [0, 0.1) is 23.2 Å². The van der Waals surface area contributed by atoms with Gasteiger partial charge < -0.3 is 14.2 Å². The summed E-state index contributed by atoms with van der Waals surface area (Å²) in [5.74, 6) is -2.65. The first kappa shape index (κ1) is 18.6. The van der Waals surface area contributed by atoms with Gasteiger partial charge in [-0.3, -0.25) is 14.4 Å². The van der Waals surface area contributed by atoms with Crippen molar-refractivity contribution in [3.63, 3.8) is 0 Å². The molecule has 1 saturated heterocycles. The Hall–Kier alpha value is -2.18. The highest BCUT2D eigenvalue weighted by molar-refractivity contribution is 5.93. The standard InChI is InChI=1S/C19H24O7/c1-8-6-12-15(9(2)18(23)26-12)17(25-11(4)21)19(5)14(22)7-13(16(8)19)24-10(3)20/h8,12-13,15-17H,2,6-7H2,1,3-5H3/t8-,12+,13+,15-,16?,17+,19-/m1/s1. The third-order valence-electron chi connectivity index (χ3n) is 6.15. The molecule has 1 heterocycles. The van der Waals surface area contributed by atoms with Crippen LogP contribution in [0.2, 0.25) is 0 Å². The summed E-state index contributed by atoms with van der Waals surface area (Å²) in [5, 5.41) is 0. The Labute approximate surface area is 152 Å². The van der Waals surface area contributed by atoms with Crippen LogP contribution in [0.15, 0.2) is 12.2 Å². The van der Waals surface area contributed by atoms with Crippen LogP contribution in [-0.2, 0) is 33.4 Å².